The van der Waals surface area contributed by atoms with Crippen LogP contribution >= 0.6 is 0 Å². The van der Waals surface area contributed by atoms with Crippen LogP contribution in [0.25, 0.3) is 0 Å². The largest absolute Gasteiger partial charge is 0.456 e. The number of esters is 1. The average molecular weight is 850 g/mol. The fraction of sp³-hybridized carbons (Fsp3) is 0.783. The first kappa shape index (κ1) is 51.5. The molecule has 0 aromatic heterocycles. The Bertz CT molecular complexity index is 1500. The van der Waals surface area contributed by atoms with E-state index in [0.717, 1.165) is 10.5 Å². The predicted octanol–water partition coefficient (Wildman–Crippen LogP) is 4.64. The monoisotopic (exact) mass is 850 g/mol. The van der Waals surface area contributed by atoms with Crippen LogP contribution in [-0.4, -0.2) is 138 Å². The highest BCUT2D eigenvalue weighted by Gasteiger charge is 2.53. The number of cyclic esters (lactones) is 1. The van der Waals surface area contributed by atoms with Gasteiger partial charge in [0.25, 0.3) is 5.91 Å². The van der Waals surface area contributed by atoms with Crippen LogP contribution in [-0.2, 0) is 42.9 Å². The van der Waals surface area contributed by atoms with Gasteiger partial charge >= 0.3 is 11.8 Å². The summed E-state index contributed by atoms with van der Waals surface area (Å²) in [5, 5.41) is 45.6. The molecule has 3 rings (SSSR count). The SMILES string of the molecule is C=CC[C@@H]1C=C(C)C[C@H](C)C[C@H](OC)C(O)[C@@H](OC)C[C@@H](C)C(=O)[C@](O)(OCC)C(=O)N2CCCC[C@H]2C(=O)O[C@H](/C(C)=C/[C@@H]2CC[C@@H](O)[C@H](OC)C2)[C@H](C)[C@@H](O)CC1=O. The normalized spacial score (nSPS) is 38.1. The summed E-state index contributed by atoms with van der Waals surface area (Å²) in [5.41, 5.74) is 1.56. The van der Waals surface area contributed by atoms with Gasteiger partial charge in [0, 0.05) is 58.7 Å². The summed E-state index contributed by atoms with van der Waals surface area (Å²) in [7, 11) is 4.43. The summed E-state index contributed by atoms with van der Waals surface area (Å²) in [4.78, 5) is 58.1. The first-order valence-electron chi connectivity index (χ1n) is 21.9. The molecule has 0 spiro atoms. The molecule has 1 unspecified atom stereocenters. The summed E-state index contributed by atoms with van der Waals surface area (Å²) in [5.74, 6) is -8.42. The van der Waals surface area contributed by atoms with Crippen LogP contribution in [0, 0.1) is 29.6 Å². The predicted molar refractivity (Wildman–Crippen MR) is 225 cm³/mol. The lowest BCUT2D eigenvalue weighted by Gasteiger charge is -2.40. The molecule has 14 heteroatoms. The van der Waals surface area contributed by atoms with Crippen molar-refractivity contribution in [2.24, 2.45) is 29.6 Å². The van der Waals surface area contributed by atoms with Crippen LogP contribution in [0.2, 0.25) is 0 Å². The lowest BCUT2D eigenvalue weighted by molar-refractivity contribution is -0.219. The lowest BCUT2D eigenvalue weighted by atomic mass is 9.81. The first-order valence-corrected chi connectivity index (χ1v) is 21.9. The van der Waals surface area contributed by atoms with Gasteiger partial charge in [0.05, 0.1) is 30.5 Å². The molecule has 4 N–H and O–H groups in total. The summed E-state index contributed by atoms with van der Waals surface area (Å²) >= 11 is 0. The Morgan fingerprint density at radius 2 is 1.57 bits per heavy atom. The van der Waals surface area contributed by atoms with Gasteiger partial charge in [-0.1, -0.05) is 44.6 Å². The van der Waals surface area contributed by atoms with Crippen molar-refractivity contribution in [1.29, 1.82) is 0 Å². The van der Waals surface area contributed by atoms with Gasteiger partial charge in [-0.25, -0.2) is 4.79 Å². The highest BCUT2D eigenvalue weighted by Crippen LogP contribution is 2.34. The number of aliphatic hydroxyl groups excluding tert-OH is 3. The van der Waals surface area contributed by atoms with Gasteiger partial charge in [-0.15, -0.1) is 6.58 Å². The number of Topliss-reactive ketones (excluding diaryl/α,β-unsaturated/α-hetero) is 2. The number of amides is 1. The number of allylic oxidation sites excluding steroid dienone is 4. The number of hydrogen-bond acceptors (Lipinski definition) is 13. The molecule has 0 bridgehead atoms. The molecule has 0 aromatic rings. The molecule has 14 atom stereocenters. The fourth-order valence-corrected chi connectivity index (χ4v) is 9.33. The van der Waals surface area contributed by atoms with E-state index >= 15 is 0 Å². The third kappa shape index (κ3) is 13.3. The maximum Gasteiger partial charge on any atom is 0.329 e. The van der Waals surface area contributed by atoms with Crippen molar-refractivity contribution in [1.82, 2.24) is 4.90 Å². The van der Waals surface area contributed by atoms with Gasteiger partial charge in [0.1, 0.15) is 24.0 Å². The van der Waals surface area contributed by atoms with Gasteiger partial charge in [0.2, 0.25) is 5.78 Å². The minimum absolute atomic E-state index is 0.0147. The summed E-state index contributed by atoms with van der Waals surface area (Å²) in [6.07, 6.45) is 3.45. The number of piperidine rings is 1. The Hall–Kier alpha value is -2.82. The second kappa shape index (κ2) is 24.1. The minimum atomic E-state index is -2.95. The molecule has 14 nitrogen and oxygen atoms in total. The van der Waals surface area contributed by atoms with Crippen molar-refractivity contribution in [2.45, 2.75) is 167 Å². The fourth-order valence-electron chi connectivity index (χ4n) is 9.33. The van der Waals surface area contributed by atoms with Crippen molar-refractivity contribution < 1.29 is 63.3 Å². The number of hydrogen-bond donors (Lipinski definition) is 4. The minimum Gasteiger partial charge on any atom is -0.456 e. The molecule has 2 fully saturated rings. The number of ketones is 2. The third-order valence-electron chi connectivity index (χ3n) is 12.8. The van der Waals surface area contributed by atoms with E-state index in [0.29, 0.717) is 56.9 Å². The lowest BCUT2D eigenvalue weighted by Crippen LogP contribution is -2.62. The Labute approximate surface area is 357 Å². The highest BCUT2D eigenvalue weighted by molar-refractivity contribution is 6.09. The zero-order chi connectivity index (χ0) is 44.9. The number of methoxy groups -OCH3 is 3. The molecule has 1 aliphatic carbocycles. The number of nitrogens with zero attached hydrogens (tertiary/aromatic N) is 1. The number of ether oxygens (including phenoxy) is 5. The van der Waals surface area contributed by atoms with Crippen LogP contribution in [0.3, 0.4) is 0 Å². The molecule has 1 saturated carbocycles. The van der Waals surface area contributed by atoms with E-state index in [-0.39, 0.29) is 56.1 Å². The number of carbonyl (C=O) groups is 4. The summed E-state index contributed by atoms with van der Waals surface area (Å²) in [6, 6.07) is -1.20. The van der Waals surface area contributed by atoms with Gasteiger partial charge in [0.15, 0.2) is 0 Å². The molecule has 342 valence electrons. The van der Waals surface area contributed by atoms with Crippen molar-refractivity contribution in [3.05, 3.63) is 36.0 Å². The van der Waals surface area contributed by atoms with E-state index in [1.54, 1.807) is 27.0 Å². The third-order valence-corrected chi connectivity index (χ3v) is 12.8. The van der Waals surface area contributed by atoms with Crippen LogP contribution in [0.4, 0.5) is 0 Å². The number of carbonyl (C=O) groups excluding carboxylic acids is 4. The molecule has 0 radical (unpaired) electrons. The second-order valence-corrected chi connectivity index (χ2v) is 17.6. The summed E-state index contributed by atoms with van der Waals surface area (Å²) in [6.45, 7) is 14.2. The first-order chi connectivity index (χ1) is 28.4. The standard InChI is InChI=1S/C46H75NO13/c1-11-15-33-21-27(3)20-28(4)22-39(57-9)41(51)40(58-10)24-30(6)43(52)46(55,59-12-2)45(54)47-19-14-13-16-34(47)44(53)60-42(31(7)36(49)26-37(33)50)29(5)23-32-17-18-35(48)38(25-32)56-8/h11,21,23,28,30-36,38-42,48-49,51,55H,1,12-20,22,24-26H2,2-10H3/b27-21?,29-23+/t28-,30+,31+,32-,33+,34-,35+,36-,38+,39-,40-,41?,42+,46-/m0/s1. The molecule has 1 amide bonds. The van der Waals surface area contributed by atoms with Crippen LogP contribution in [0.15, 0.2) is 36.0 Å². The maximum atomic E-state index is 14.4. The van der Waals surface area contributed by atoms with Crippen molar-refractivity contribution in [3.63, 3.8) is 0 Å². The van der Waals surface area contributed by atoms with Crippen LogP contribution < -0.4 is 0 Å². The van der Waals surface area contributed by atoms with E-state index in [4.69, 9.17) is 23.7 Å². The maximum absolute atomic E-state index is 14.4. The van der Waals surface area contributed by atoms with Crippen molar-refractivity contribution in [3.8, 4) is 0 Å². The van der Waals surface area contributed by atoms with Gasteiger partial charge in [-0.05, 0) is 102 Å². The van der Waals surface area contributed by atoms with Gasteiger partial charge in [-0.3, -0.25) is 14.4 Å². The molecular weight excluding hydrogens is 774 g/mol. The highest BCUT2D eigenvalue weighted by atomic mass is 16.6. The molecule has 60 heavy (non-hydrogen) atoms. The summed E-state index contributed by atoms with van der Waals surface area (Å²) < 4.78 is 28.8. The Kier molecular flexibility index (Phi) is 20.7. The van der Waals surface area contributed by atoms with E-state index in [1.807, 2.05) is 26.0 Å². The van der Waals surface area contributed by atoms with E-state index < -0.39 is 83.9 Å². The zero-order valence-corrected chi connectivity index (χ0v) is 37.5. The van der Waals surface area contributed by atoms with Gasteiger partial charge in [-0.2, -0.15) is 0 Å². The molecule has 2 aliphatic heterocycles. The molecular formula is C46H75NO13. The van der Waals surface area contributed by atoms with E-state index in [2.05, 4.69) is 6.58 Å². The molecule has 0 aromatic carbocycles. The smallest absolute Gasteiger partial charge is 0.329 e. The number of fused-ring (bicyclic) bond motifs is 1. The van der Waals surface area contributed by atoms with Crippen molar-refractivity contribution in [2.75, 3.05) is 34.5 Å². The average Bonchev–Trinajstić information content (AvgIpc) is 3.22. The molecule has 3 aliphatic rings. The Morgan fingerprint density at radius 3 is 2.18 bits per heavy atom. The molecule has 1 saturated heterocycles. The number of aliphatic hydroxyl groups is 4. The Morgan fingerprint density at radius 1 is 0.917 bits per heavy atom. The van der Waals surface area contributed by atoms with Gasteiger partial charge < -0.3 is 49.0 Å². The van der Waals surface area contributed by atoms with Crippen LogP contribution in [0.5, 0.6) is 0 Å². The van der Waals surface area contributed by atoms with E-state index in [9.17, 15) is 39.6 Å². The van der Waals surface area contributed by atoms with Crippen LogP contribution in [0.1, 0.15) is 112 Å². The topological polar surface area (TPSA) is 199 Å². The number of rotatable bonds is 9. The Balaban J connectivity index is 2.14. The van der Waals surface area contributed by atoms with Crippen molar-refractivity contribution >= 4 is 23.4 Å². The quantitative estimate of drug-likeness (QED) is 0.109. The second-order valence-electron chi connectivity index (χ2n) is 17.6. The van der Waals surface area contributed by atoms with E-state index in [1.165, 1.54) is 28.1 Å². The zero-order valence-electron chi connectivity index (χ0n) is 37.5. The molecule has 2 heterocycles.